The van der Waals surface area contributed by atoms with Gasteiger partial charge >= 0.3 is 5.97 Å². The molecule has 1 rings (SSSR count). The normalized spacial score (nSPS) is 10.3. The van der Waals surface area contributed by atoms with Crippen molar-refractivity contribution in [1.82, 2.24) is 4.98 Å². The van der Waals surface area contributed by atoms with E-state index in [9.17, 15) is 4.79 Å². The Morgan fingerprint density at radius 2 is 2.22 bits per heavy atom. The monoisotopic (exact) mass is 252 g/mol. The van der Waals surface area contributed by atoms with Crippen LogP contribution in [0.3, 0.4) is 0 Å². The van der Waals surface area contributed by atoms with E-state index < -0.39 is 0 Å². The summed E-state index contributed by atoms with van der Waals surface area (Å²) in [7, 11) is 1.78. The molecule has 1 aromatic heterocycles. The summed E-state index contributed by atoms with van der Waals surface area (Å²) in [6.45, 7) is 6.21. The molecule has 0 radical (unpaired) electrons. The lowest BCUT2D eigenvalue weighted by Gasteiger charge is -2.21. The van der Waals surface area contributed by atoms with E-state index in [1.54, 1.807) is 31.1 Å². The Balaban J connectivity index is 2.78. The Morgan fingerprint density at radius 3 is 2.83 bits per heavy atom. The number of likely N-dealkylation sites (N-methyl/N-ethyl adjacent to an activating group) is 1. The van der Waals surface area contributed by atoms with Crippen molar-refractivity contribution in [2.24, 2.45) is 0 Å². The van der Waals surface area contributed by atoms with Crippen LogP contribution in [0.1, 0.15) is 20.8 Å². The molecule has 0 atom stereocenters. The van der Waals surface area contributed by atoms with Gasteiger partial charge < -0.3 is 14.4 Å². The molecule has 0 saturated heterocycles. The van der Waals surface area contributed by atoms with Crippen LogP contribution in [0.15, 0.2) is 18.3 Å². The van der Waals surface area contributed by atoms with Crippen molar-refractivity contribution in [3.8, 4) is 5.75 Å². The molecule has 0 saturated carbocycles. The second-order valence-corrected chi connectivity index (χ2v) is 4.15. The fourth-order valence-electron chi connectivity index (χ4n) is 1.49. The van der Waals surface area contributed by atoms with E-state index in [0.717, 1.165) is 0 Å². The van der Waals surface area contributed by atoms with Crippen molar-refractivity contribution >= 4 is 11.8 Å². The summed E-state index contributed by atoms with van der Waals surface area (Å²) in [5.74, 6) is 1.03. The number of esters is 1. The van der Waals surface area contributed by atoms with E-state index in [1.165, 1.54) is 0 Å². The minimum absolute atomic E-state index is 0.0592. The molecular formula is C13H20N2O3. The Morgan fingerprint density at radius 1 is 1.50 bits per heavy atom. The molecule has 0 bridgehead atoms. The SMILES string of the molecule is CCOC(=O)CN(C)c1ncccc1OC(C)C. The number of carbonyl (C=O) groups is 1. The molecule has 18 heavy (non-hydrogen) atoms. The van der Waals surface area contributed by atoms with Crippen LogP contribution in [0.4, 0.5) is 5.82 Å². The first kappa shape index (κ1) is 14.3. The van der Waals surface area contributed by atoms with E-state index in [4.69, 9.17) is 9.47 Å². The predicted molar refractivity (Wildman–Crippen MR) is 69.9 cm³/mol. The highest BCUT2D eigenvalue weighted by atomic mass is 16.5. The van der Waals surface area contributed by atoms with Crippen LogP contribution in [0, 0.1) is 0 Å². The largest absolute Gasteiger partial charge is 0.487 e. The quantitative estimate of drug-likeness (QED) is 0.723. The minimum Gasteiger partial charge on any atom is -0.487 e. The van der Waals surface area contributed by atoms with Crippen molar-refractivity contribution in [2.75, 3.05) is 25.1 Å². The fourth-order valence-corrected chi connectivity index (χ4v) is 1.49. The third-order valence-electron chi connectivity index (χ3n) is 2.15. The van der Waals surface area contributed by atoms with Crippen LogP contribution in [0.5, 0.6) is 5.75 Å². The van der Waals surface area contributed by atoms with Gasteiger partial charge in [-0.1, -0.05) is 0 Å². The summed E-state index contributed by atoms with van der Waals surface area (Å²) < 4.78 is 10.6. The smallest absolute Gasteiger partial charge is 0.325 e. The average molecular weight is 252 g/mol. The van der Waals surface area contributed by atoms with Gasteiger partial charge in [0, 0.05) is 13.2 Å². The lowest BCUT2D eigenvalue weighted by molar-refractivity contribution is -0.141. The topological polar surface area (TPSA) is 51.7 Å². The molecule has 100 valence electrons. The number of nitrogens with zero attached hydrogens (tertiary/aromatic N) is 2. The molecule has 0 aliphatic rings. The van der Waals surface area contributed by atoms with Crippen LogP contribution in [-0.2, 0) is 9.53 Å². The second kappa shape index (κ2) is 6.83. The first-order chi connectivity index (χ1) is 8.54. The lowest BCUT2D eigenvalue weighted by atomic mass is 10.3. The van der Waals surface area contributed by atoms with Gasteiger partial charge in [-0.2, -0.15) is 0 Å². The molecule has 5 heteroatoms. The van der Waals surface area contributed by atoms with E-state index >= 15 is 0 Å². The van der Waals surface area contributed by atoms with E-state index in [1.807, 2.05) is 19.9 Å². The maximum Gasteiger partial charge on any atom is 0.325 e. The third kappa shape index (κ3) is 4.24. The highest BCUT2D eigenvalue weighted by Crippen LogP contribution is 2.25. The number of hydrogen-bond donors (Lipinski definition) is 0. The van der Waals surface area contributed by atoms with Crippen molar-refractivity contribution in [2.45, 2.75) is 26.9 Å². The van der Waals surface area contributed by atoms with Crippen LogP contribution in [-0.4, -0.2) is 37.3 Å². The first-order valence-corrected chi connectivity index (χ1v) is 6.03. The minimum atomic E-state index is -0.277. The number of anilines is 1. The van der Waals surface area contributed by atoms with Crippen molar-refractivity contribution < 1.29 is 14.3 Å². The maximum atomic E-state index is 11.4. The van der Waals surface area contributed by atoms with Gasteiger partial charge in [-0.15, -0.1) is 0 Å². The number of hydrogen-bond acceptors (Lipinski definition) is 5. The number of pyridine rings is 1. The van der Waals surface area contributed by atoms with E-state index in [-0.39, 0.29) is 18.6 Å². The molecule has 0 spiro atoms. The molecule has 0 aliphatic carbocycles. The average Bonchev–Trinajstić information content (AvgIpc) is 2.28. The fraction of sp³-hybridized carbons (Fsp3) is 0.538. The third-order valence-corrected chi connectivity index (χ3v) is 2.15. The predicted octanol–water partition coefficient (Wildman–Crippen LogP) is 1.87. The Hall–Kier alpha value is -1.78. The second-order valence-electron chi connectivity index (χ2n) is 4.15. The van der Waals surface area contributed by atoms with Crippen molar-refractivity contribution in [3.63, 3.8) is 0 Å². The van der Waals surface area contributed by atoms with Crippen LogP contribution in [0.25, 0.3) is 0 Å². The zero-order valence-corrected chi connectivity index (χ0v) is 11.3. The number of aromatic nitrogens is 1. The zero-order valence-electron chi connectivity index (χ0n) is 11.3. The molecule has 0 aliphatic heterocycles. The van der Waals surface area contributed by atoms with E-state index in [0.29, 0.717) is 18.2 Å². The summed E-state index contributed by atoms with van der Waals surface area (Å²) in [4.78, 5) is 17.4. The molecular weight excluding hydrogens is 232 g/mol. The number of rotatable bonds is 6. The Kier molecular flexibility index (Phi) is 5.42. The van der Waals surface area contributed by atoms with Crippen LogP contribution >= 0.6 is 0 Å². The van der Waals surface area contributed by atoms with Gasteiger partial charge in [-0.25, -0.2) is 4.98 Å². The molecule has 0 N–H and O–H groups in total. The zero-order chi connectivity index (χ0) is 13.5. The Labute approximate surface area is 108 Å². The van der Waals surface area contributed by atoms with Gasteiger partial charge in [-0.3, -0.25) is 4.79 Å². The summed E-state index contributed by atoms with van der Waals surface area (Å²) in [6.07, 6.45) is 1.73. The number of carbonyl (C=O) groups excluding carboxylic acids is 1. The highest BCUT2D eigenvalue weighted by Gasteiger charge is 2.14. The summed E-state index contributed by atoms with van der Waals surface area (Å²) in [6, 6.07) is 3.64. The molecule has 0 fully saturated rings. The van der Waals surface area contributed by atoms with Gasteiger partial charge in [-0.05, 0) is 32.9 Å². The van der Waals surface area contributed by atoms with Gasteiger partial charge in [0.15, 0.2) is 11.6 Å². The summed E-state index contributed by atoms with van der Waals surface area (Å²) in [5, 5.41) is 0. The molecule has 1 heterocycles. The molecule has 1 aromatic rings. The highest BCUT2D eigenvalue weighted by molar-refractivity contribution is 5.75. The molecule has 0 unspecified atom stereocenters. The van der Waals surface area contributed by atoms with Crippen LogP contribution in [0.2, 0.25) is 0 Å². The first-order valence-electron chi connectivity index (χ1n) is 6.03. The van der Waals surface area contributed by atoms with Gasteiger partial charge in [0.2, 0.25) is 0 Å². The maximum absolute atomic E-state index is 11.4. The standard InChI is InChI=1S/C13H20N2O3/c1-5-17-12(16)9-15(4)13-11(18-10(2)3)7-6-8-14-13/h6-8,10H,5,9H2,1-4H3. The Bertz CT molecular complexity index is 394. The summed E-state index contributed by atoms with van der Waals surface area (Å²) in [5.41, 5.74) is 0. The lowest BCUT2D eigenvalue weighted by Crippen LogP contribution is -2.28. The molecule has 5 nitrogen and oxygen atoms in total. The summed E-state index contributed by atoms with van der Waals surface area (Å²) >= 11 is 0. The molecule has 0 amide bonds. The van der Waals surface area contributed by atoms with Crippen molar-refractivity contribution in [1.29, 1.82) is 0 Å². The van der Waals surface area contributed by atoms with Crippen molar-refractivity contribution in [3.05, 3.63) is 18.3 Å². The molecule has 0 aromatic carbocycles. The van der Waals surface area contributed by atoms with Gasteiger partial charge in [0.05, 0.1) is 12.7 Å². The van der Waals surface area contributed by atoms with Gasteiger partial charge in [0.1, 0.15) is 6.54 Å². The number of ether oxygens (including phenoxy) is 2. The van der Waals surface area contributed by atoms with E-state index in [2.05, 4.69) is 4.98 Å². The van der Waals surface area contributed by atoms with Crippen LogP contribution < -0.4 is 9.64 Å². The van der Waals surface area contributed by atoms with Gasteiger partial charge in [0.25, 0.3) is 0 Å².